The molecule has 0 aliphatic carbocycles. The molecule has 0 atom stereocenters. The Morgan fingerprint density at radius 1 is 1.06 bits per heavy atom. The van der Waals surface area contributed by atoms with Crippen LogP contribution in [0.5, 0.6) is 5.75 Å². The van der Waals surface area contributed by atoms with Gasteiger partial charge >= 0.3 is 0 Å². The number of ether oxygens (including phenoxy) is 1. The Kier molecular flexibility index (Phi) is 9.10. The van der Waals surface area contributed by atoms with Crippen LogP contribution in [0.3, 0.4) is 0 Å². The molecule has 2 aromatic rings. The van der Waals surface area contributed by atoms with Gasteiger partial charge in [-0.05, 0) is 92.7 Å². The lowest BCUT2D eigenvalue weighted by Gasteiger charge is -2.32. The smallest absolute Gasteiger partial charge is 0.243 e. The van der Waals surface area contributed by atoms with Crippen LogP contribution in [-0.4, -0.2) is 44.1 Å². The number of unbranched alkanes of at least 4 members (excludes halogenated alkanes) is 2. The Bertz CT molecular complexity index is 825. The Morgan fingerprint density at radius 3 is 2.45 bits per heavy atom. The summed E-state index contributed by atoms with van der Waals surface area (Å²) in [7, 11) is 1.70. The number of hydrogen-bond donors (Lipinski definition) is 1. The summed E-state index contributed by atoms with van der Waals surface area (Å²) in [5, 5.41) is 2.91. The molecule has 0 saturated carbocycles. The van der Waals surface area contributed by atoms with E-state index in [-0.39, 0.29) is 11.7 Å². The van der Waals surface area contributed by atoms with Crippen molar-refractivity contribution in [3.8, 4) is 5.75 Å². The van der Waals surface area contributed by atoms with Crippen molar-refractivity contribution in [2.45, 2.75) is 38.0 Å². The third kappa shape index (κ3) is 7.83. The van der Waals surface area contributed by atoms with Gasteiger partial charge in [-0.2, -0.15) is 0 Å². The fourth-order valence-corrected chi connectivity index (χ4v) is 4.02. The minimum atomic E-state index is -0.275. The molecular formula is C26H33FN2O2. The van der Waals surface area contributed by atoms with E-state index in [1.807, 2.05) is 0 Å². The van der Waals surface area contributed by atoms with Gasteiger partial charge in [0.25, 0.3) is 0 Å². The van der Waals surface area contributed by atoms with Gasteiger partial charge in [0, 0.05) is 12.6 Å². The minimum absolute atomic E-state index is 0.107. The predicted octanol–water partition coefficient (Wildman–Crippen LogP) is 5.01. The van der Waals surface area contributed by atoms with E-state index in [1.165, 1.54) is 36.6 Å². The molecule has 1 aliphatic heterocycles. The number of rotatable bonds is 10. The van der Waals surface area contributed by atoms with Crippen molar-refractivity contribution in [1.29, 1.82) is 0 Å². The second-order valence-electron chi connectivity index (χ2n) is 8.13. The molecule has 2 aromatic carbocycles. The topological polar surface area (TPSA) is 41.6 Å². The van der Waals surface area contributed by atoms with Gasteiger partial charge in [0.2, 0.25) is 5.91 Å². The highest BCUT2D eigenvalue weighted by Gasteiger charge is 2.20. The summed E-state index contributed by atoms with van der Waals surface area (Å²) in [6.07, 6.45) is 8.88. The van der Waals surface area contributed by atoms with Crippen LogP contribution in [0.4, 0.5) is 4.39 Å². The highest BCUT2D eigenvalue weighted by molar-refractivity contribution is 5.91. The van der Waals surface area contributed by atoms with Crippen molar-refractivity contribution in [1.82, 2.24) is 10.2 Å². The summed E-state index contributed by atoms with van der Waals surface area (Å²) in [4.78, 5) is 14.4. The van der Waals surface area contributed by atoms with Crippen molar-refractivity contribution in [2.75, 3.05) is 33.3 Å². The van der Waals surface area contributed by atoms with E-state index in [0.717, 1.165) is 50.2 Å². The maximum Gasteiger partial charge on any atom is 0.243 e. The normalized spacial score (nSPS) is 15.3. The summed E-state index contributed by atoms with van der Waals surface area (Å²) in [6, 6.07) is 14.6. The molecule has 1 saturated heterocycles. The highest BCUT2D eigenvalue weighted by Crippen LogP contribution is 2.29. The van der Waals surface area contributed by atoms with Crippen molar-refractivity contribution in [3.05, 3.63) is 71.6 Å². The first-order valence-electron chi connectivity index (χ1n) is 11.2. The average Bonchev–Trinajstić information content (AvgIpc) is 2.81. The van der Waals surface area contributed by atoms with Crippen molar-refractivity contribution >= 4 is 12.0 Å². The van der Waals surface area contributed by atoms with Crippen LogP contribution in [0.2, 0.25) is 0 Å². The van der Waals surface area contributed by atoms with Crippen molar-refractivity contribution < 1.29 is 13.9 Å². The quantitative estimate of drug-likeness (QED) is 0.430. The maximum atomic E-state index is 12.9. The molecule has 0 bridgehead atoms. The number of likely N-dealkylation sites (tertiary alicyclic amines) is 1. The number of benzene rings is 2. The van der Waals surface area contributed by atoms with Gasteiger partial charge in [0.1, 0.15) is 11.6 Å². The zero-order valence-corrected chi connectivity index (χ0v) is 18.4. The predicted molar refractivity (Wildman–Crippen MR) is 124 cm³/mol. The first kappa shape index (κ1) is 23.0. The second kappa shape index (κ2) is 12.3. The molecule has 166 valence electrons. The largest absolute Gasteiger partial charge is 0.497 e. The van der Waals surface area contributed by atoms with Crippen LogP contribution in [0.1, 0.15) is 49.1 Å². The summed E-state index contributed by atoms with van der Waals surface area (Å²) in [5.74, 6) is 1.19. The number of carbonyl (C=O) groups is 1. The Labute approximate surface area is 185 Å². The zero-order valence-electron chi connectivity index (χ0n) is 18.4. The molecule has 0 spiro atoms. The van der Waals surface area contributed by atoms with Gasteiger partial charge in [-0.25, -0.2) is 4.39 Å². The third-order valence-corrected chi connectivity index (χ3v) is 5.92. The minimum Gasteiger partial charge on any atom is -0.497 e. The second-order valence-corrected chi connectivity index (χ2v) is 8.13. The Morgan fingerprint density at radius 2 is 1.77 bits per heavy atom. The summed E-state index contributed by atoms with van der Waals surface area (Å²) in [6.45, 7) is 4.13. The van der Waals surface area contributed by atoms with E-state index in [2.05, 4.69) is 34.5 Å². The number of amides is 1. The Hall–Kier alpha value is -2.66. The van der Waals surface area contributed by atoms with Gasteiger partial charge in [0.05, 0.1) is 7.11 Å². The van der Waals surface area contributed by atoms with Gasteiger partial charge in [-0.3, -0.25) is 4.79 Å². The first-order chi connectivity index (χ1) is 15.1. The van der Waals surface area contributed by atoms with Gasteiger partial charge in [-0.1, -0.05) is 30.7 Å². The summed E-state index contributed by atoms with van der Waals surface area (Å²) in [5.41, 5.74) is 2.23. The molecule has 0 radical (unpaired) electrons. The van der Waals surface area contributed by atoms with Crippen molar-refractivity contribution in [3.63, 3.8) is 0 Å². The van der Waals surface area contributed by atoms with Crippen LogP contribution >= 0.6 is 0 Å². The third-order valence-electron chi connectivity index (χ3n) is 5.92. The van der Waals surface area contributed by atoms with E-state index >= 15 is 0 Å². The monoisotopic (exact) mass is 424 g/mol. The number of piperidine rings is 1. The summed E-state index contributed by atoms with van der Waals surface area (Å²) >= 11 is 0. The zero-order chi connectivity index (χ0) is 21.9. The van der Waals surface area contributed by atoms with Crippen molar-refractivity contribution in [2.24, 2.45) is 0 Å². The number of carbonyl (C=O) groups excluding carboxylic acids is 1. The molecule has 0 unspecified atom stereocenters. The summed E-state index contributed by atoms with van der Waals surface area (Å²) < 4.78 is 18.1. The van der Waals surface area contributed by atoms with Crippen LogP contribution in [0.15, 0.2) is 54.6 Å². The molecule has 1 fully saturated rings. The molecule has 1 N–H and O–H groups in total. The van der Waals surface area contributed by atoms with Gasteiger partial charge in [-0.15, -0.1) is 0 Å². The van der Waals surface area contributed by atoms with E-state index in [9.17, 15) is 9.18 Å². The number of halogens is 1. The lowest BCUT2D eigenvalue weighted by molar-refractivity contribution is -0.116. The lowest BCUT2D eigenvalue weighted by Crippen LogP contribution is -2.33. The van der Waals surface area contributed by atoms with E-state index in [4.69, 9.17) is 4.74 Å². The number of hydrogen-bond acceptors (Lipinski definition) is 3. The molecule has 31 heavy (non-hydrogen) atoms. The number of nitrogens with one attached hydrogen (secondary N) is 1. The van der Waals surface area contributed by atoms with Gasteiger partial charge in [0.15, 0.2) is 0 Å². The molecule has 5 heteroatoms. The van der Waals surface area contributed by atoms with Gasteiger partial charge < -0.3 is 15.0 Å². The standard InChI is InChI=1S/C26H33FN2O2/c1-31-25-12-8-22(9-13-25)23-15-19-29(20-16-23)18-4-2-3-17-28-26(30)14-7-21-5-10-24(27)11-6-21/h5-14,23H,2-4,15-20H2,1H3,(H,28,30)/b14-7+. The SMILES string of the molecule is COc1ccc(C2CCN(CCCCCNC(=O)/C=C/c3ccc(F)cc3)CC2)cc1. The van der Waals surface area contributed by atoms with Crippen LogP contribution < -0.4 is 10.1 Å². The highest BCUT2D eigenvalue weighted by atomic mass is 19.1. The number of methoxy groups -OCH3 is 1. The Balaban J connectivity index is 1.23. The number of nitrogens with zero attached hydrogens (tertiary/aromatic N) is 1. The van der Waals surface area contributed by atoms with E-state index in [0.29, 0.717) is 12.5 Å². The molecular weight excluding hydrogens is 391 g/mol. The van der Waals surface area contributed by atoms with E-state index < -0.39 is 0 Å². The van der Waals surface area contributed by atoms with E-state index in [1.54, 1.807) is 25.3 Å². The molecule has 1 aliphatic rings. The lowest BCUT2D eigenvalue weighted by atomic mass is 9.89. The molecule has 1 amide bonds. The fourth-order valence-electron chi connectivity index (χ4n) is 4.02. The molecule has 3 rings (SSSR count). The average molecular weight is 425 g/mol. The van der Waals surface area contributed by atoms with Crippen LogP contribution in [0, 0.1) is 5.82 Å². The molecule has 0 aromatic heterocycles. The first-order valence-corrected chi connectivity index (χ1v) is 11.2. The maximum absolute atomic E-state index is 12.9. The molecule has 1 heterocycles. The van der Waals surface area contributed by atoms with Crippen LogP contribution in [-0.2, 0) is 4.79 Å². The van der Waals surface area contributed by atoms with Crippen LogP contribution in [0.25, 0.3) is 6.08 Å². The molecule has 4 nitrogen and oxygen atoms in total. The fraction of sp³-hybridized carbons (Fsp3) is 0.423.